The van der Waals surface area contributed by atoms with Gasteiger partial charge in [0.05, 0.1) is 7.11 Å². The molecule has 0 aliphatic heterocycles. The standard InChI is InChI=1S/C17H22O3/c1-19-17(18)9-5-12-3-7-15(8-4-12)20-16-11-13-2-6-14(16)10-13/h3-4,7-8,13-14,16H,2,5-6,9-11H2,1H3. The van der Waals surface area contributed by atoms with Gasteiger partial charge in [0.1, 0.15) is 11.9 Å². The normalized spacial score (nSPS) is 27.6. The van der Waals surface area contributed by atoms with Gasteiger partial charge in [0.2, 0.25) is 0 Å². The summed E-state index contributed by atoms with van der Waals surface area (Å²) in [4.78, 5) is 11.1. The molecule has 0 aromatic heterocycles. The number of hydrogen-bond acceptors (Lipinski definition) is 3. The third-order valence-corrected chi connectivity index (χ3v) is 4.73. The Morgan fingerprint density at radius 3 is 2.60 bits per heavy atom. The minimum absolute atomic E-state index is 0.160. The first kappa shape index (κ1) is 13.5. The van der Waals surface area contributed by atoms with Gasteiger partial charge < -0.3 is 9.47 Å². The van der Waals surface area contributed by atoms with Crippen LogP contribution in [0.25, 0.3) is 0 Å². The molecule has 3 rings (SSSR count). The molecule has 3 heteroatoms. The van der Waals surface area contributed by atoms with Crippen molar-refractivity contribution in [1.82, 2.24) is 0 Å². The number of esters is 1. The number of benzene rings is 1. The molecule has 2 bridgehead atoms. The van der Waals surface area contributed by atoms with Crippen molar-refractivity contribution in [2.45, 2.75) is 44.6 Å². The van der Waals surface area contributed by atoms with Crippen molar-refractivity contribution >= 4 is 5.97 Å². The van der Waals surface area contributed by atoms with Crippen LogP contribution in [-0.4, -0.2) is 19.2 Å². The van der Waals surface area contributed by atoms with Crippen LogP contribution in [0.1, 0.15) is 37.7 Å². The Bertz CT molecular complexity index is 466. The fourth-order valence-corrected chi connectivity index (χ4v) is 3.59. The van der Waals surface area contributed by atoms with Gasteiger partial charge in [-0.3, -0.25) is 4.79 Å². The van der Waals surface area contributed by atoms with Gasteiger partial charge in [0.15, 0.2) is 0 Å². The summed E-state index contributed by atoms with van der Waals surface area (Å²) in [6.07, 6.45) is 6.92. The molecule has 2 saturated carbocycles. The van der Waals surface area contributed by atoms with Gasteiger partial charge in [-0.1, -0.05) is 12.1 Å². The second kappa shape index (κ2) is 5.86. The van der Waals surface area contributed by atoms with E-state index in [1.165, 1.54) is 32.8 Å². The van der Waals surface area contributed by atoms with Crippen LogP contribution < -0.4 is 4.74 Å². The molecule has 1 aromatic carbocycles. The smallest absolute Gasteiger partial charge is 0.305 e. The van der Waals surface area contributed by atoms with Crippen molar-refractivity contribution in [3.63, 3.8) is 0 Å². The Kier molecular flexibility index (Phi) is 3.95. The van der Waals surface area contributed by atoms with Gasteiger partial charge in [0.25, 0.3) is 0 Å². The van der Waals surface area contributed by atoms with Crippen LogP contribution in [-0.2, 0) is 16.0 Å². The van der Waals surface area contributed by atoms with Crippen LogP contribution in [0.2, 0.25) is 0 Å². The highest BCUT2D eigenvalue weighted by Gasteiger charge is 2.40. The second-order valence-corrected chi connectivity index (χ2v) is 6.05. The maximum Gasteiger partial charge on any atom is 0.305 e. The minimum atomic E-state index is -0.160. The zero-order chi connectivity index (χ0) is 13.9. The topological polar surface area (TPSA) is 35.5 Å². The first-order chi connectivity index (χ1) is 9.74. The zero-order valence-corrected chi connectivity index (χ0v) is 12.0. The van der Waals surface area contributed by atoms with Crippen LogP contribution in [0.5, 0.6) is 5.75 Å². The summed E-state index contributed by atoms with van der Waals surface area (Å²) < 4.78 is 10.8. The Labute approximate surface area is 120 Å². The highest BCUT2D eigenvalue weighted by molar-refractivity contribution is 5.69. The minimum Gasteiger partial charge on any atom is -0.490 e. The molecule has 2 aliphatic rings. The average molecular weight is 274 g/mol. The van der Waals surface area contributed by atoms with E-state index < -0.39 is 0 Å². The molecule has 2 aliphatic carbocycles. The Morgan fingerprint density at radius 2 is 2.00 bits per heavy atom. The van der Waals surface area contributed by atoms with Crippen LogP contribution in [0, 0.1) is 11.8 Å². The fourth-order valence-electron chi connectivity index (χ4n) is 3.59. The third kappa shape index (κ3) is 2.97. The van der Waals surface area contributed by atoms with Gasteiger partial charge >= 0.3 is 5.97 Å². The quantitative estimate of drug-likeness (QED) is 0.772. The van der Waals surface area contributed by atoms with E-state index in [2.05, 4.69) is 4.74 Å². The molecule has 20 heavy (non-hydrogen) atoms. The van der Waals surface area contributed by atoms with Crippen molar-refractivity contribution < 1.29 is 14.3 Å². The molecule has 3 nitrogen and oxygen atoms in total. The van der Waals surface area contributed by atoms with Crippen molar-refractivity contribution in [3.05, 3.63) is 29.8 Å². The largest absolute Gasteiger partial charge is 0.490 e. The molecule has 3 atom stereocenters. The molecule has 3 unspecified atom stereocenters. The monoisotopic (exact) mass is 274 g/mol. The lowest BCUT2D eigenvalue weighted by atomic mass is 9.98. The lowest BCUT2D eigenvalue weighted by Gasteiger charge is -2.23. The van der Waals surface area contributed by atoms with Gasteiger partial charge in [-0.2, -0.15) is 0 Å². The van der Waals surface area contributed by atoms with E-state index in [1.807, 2.05) is 24.3 Å². The van der Waals surface area contributed by atoms with Crippen molar-refractivity contribution in [2.75, 3.05) is 7.11 Å². The van der Waals surface area contributed by atoms with Crippen LogP contribution in [0.15, 0.2) is 24.3 Å². The number of carbonyl (C=O) groups excluding carboxylic acids is 1. The molecule has 0 spiro atoms. The maximum atomic E-state index is 11.1. The highest BCUT2D eigenvalue weighted by atomic mass is 16.5. The summed E-state index contributed by atoms with van der Waals surface area (Å²) in [5.74, 6) is 2.49. The number of rotatable bonds is 5. The number of ether oxygens (including phenoxy) is 2. The van der Waals surface area contributed by atoms with Crippen LogP contribution in [0.3, 0.4) is 0 Å². The van der Waals surface area contributed by atoms with Crippen molar-refractivity contribution in [1.29, 1.82) is 0 Å². The number of fused-ring (bicyclic) bond motifs is 2. The predicted molar refractivity (Wildman–Crippen MR) is 76.6 cm³/mol. The summed E-state index contributed by atoms with van der Waals surface area (Å²) in [7, 11) is 1.43. The first-order valence-corrected chi connectivity index (χ1v) is 7.57. The molecular weight excluding hydrogens is 252 g/mol. The van der Waals surface area contributed by atoms with Gasteiger partial charge in [0, 0.05) is 6.42 Å². The number of aryl methyl sites for hydroxylation is 1. The summed E-state index contributed by atoms with van der Waals surface area (Å²) in [6.45, 7) is 0. The number of hydrogen-bond donors (Lipinski definition) is 0. The zero-order valence-electron chi connectivity index (χ0n) is 12.0. The Hall–Kier alpha value is -1.51. The van der Waals surface area contributed by atoms with Crippen LogP contribution in [0.4, 0.5) is 0 Å². The van der Waals surface area contributed by atoms with Gasteiger partial charge in [-0.25, -0.2) is 0 Å². The molecule has 0 radical (unpaired) electrons. The van der Waals surface area contributed by atoms with Crippen molar-refractivity contribution in [2.24, 2.45) is 11.8 Å². The van der Waals surface area contributed by atoms with E-state index in [9.17, 15) is 4.79 Å². The first-order valence-electron chi connectivity index (χ1n) is 7.57. The number of carbonyl (C=O) groups is 1. The molecule has 2 fully saturated rings. The van der Waals surface area contributed by atoms with E-state index in [0.717, 1.165) is 29.6 Å². The Morgan fingerprint density at radius 1 is 1.20 bits per heavy atom. The summed E-state index contributed by atoms with van der Waals surface area (Å²) in [5, 5.41) is 0. The molecule has 108 valence electrons. The van der Waals surface area contributed by atoms with E-state index in [4.69, 9.17) is 4.74 Å². The average Bonchev–Trinajstić information content (AvgIpc) is 3.08. The van der Waals surface area contributed by atoms with E-state index in [0.29, 0.717) is 12.5 Å². The predicted octanol–water partition coefficient (Wildman–Crippen LogP) is 3.36. The van der Waals surface area contributed by atoms with Gasteiger partial charge in [-0.15, -0.1) is 0 Å². The van der Waals surface area contributed by atoms with Crippen molar-refractivity contribution in [3.8, 4) is 5.75 Å². The molecule has 0 saturated heterocycles. The third-order valence-electron chi connectivity index (χ3n) is 4.73. The summed E-state index contributed by atoms with van der Waals surface area (Å²) in [5.41, 5.74) is 1.15. The lowest BCUT2D eigenvalue weighted by molar-refractivity contribution is -0.140. The lowest BCUT2D eigenvalue weighted by Crippen LogP contribution is -2.23. The second-order valence-electron chi connectivity index (χ2n) is 6.05. The highest BCUT2D eigenvalue weighted by Crippen LogP contribution is 2.45. The summed E-state index contributed by atoms with van der Waals surface area (Å²) >= 11 is 0. The van der Waals surface area contributed by atoms with E-state index in [-0.39, 0.29) is 5.97 Å². The van der Waals surface area contributed by atoms with Gasteiger partial charge in [-0.05, 0) is 61.6 Å². The molecule has 1 aromatic rings. The number of methoxy groups -OCH3 is 1. The molecular formula is C17H22O3. The van der Waals surface area contributed by atoms with E-state index >= 15 is 0 Å². The summed E-state index contributed by atoms with van der Waals surface area (Å²) in [6, 6.07) is 8.15. The van der Waals surface area contributed by atoms with Crippen LogP contribution >= 0.6 is 0 Å². The molecule has 0 N–H and O–H groups in total. The Balaban J connectivity index is 1.52. The molecule has 0 heterocycles. The molecule has 0 amide bonds. The SMILES string of the molecule is COC(=O)CCc1ccc(OC2CC3CCC2C3)cc1. The maximum absolute atomic E-state index is 11.1. The fraction of sp³-hybridized carbons (Fsp3) is 0.588. The van der Waals surface area contributed by atoms with E-state index in [1.54, 1.807) is 0 Å².